The van der Waals surface area contributed by atoms with Gasteiger partial charge in [-0.1, -0.05) is 6.07 Å². The van der Waals surface area contributed by atoms with Crippen molar-refractivity contribution in [3.05, 3.63) is 64.0 Å². The van der Waals surface area contributed by atoms with Crippen LogP contribution in [0.15, 0.2) is 42.6 Å². The molecule has 2 heterocycles. The second-order valence-electron chi connectivity index (χ2n) is 6.13. The van der Waals surface area contributed by atoms with Crippen LogP contribution < -0.4 is 5.32 Å². The average Bonchev–Trinajstić information content (AvgIpc) is 2.68. The summed E-state index contributed by atoms with van der Waals surface area (Å²) in [4.78, 5) is 31.7. The van der Waals surface area contributed by atoms with Crippen molar-refractivity contribution in [2.75, 3.05) is 38.5 Å². The number of rotatable bonds is 5. The van der Waals surface area contributed by atoms with E-state index < -0.39 is 4.92 Å². The van der Waals surface area contributed by atoms with Crippen LogP contribution in [0.5, 0.6) is 0 Å². The predicted molar refractivity (Wildman–Crippen MR) is 98.1 cm³/mol. The fourth-order valence-electron chi connectivity index (χ4n) is 3.04. The molecule has 8 nitrogen and oxygen atoms in total. The van der Waals surface area contributed by atoms with Gasteiger partial charge in [-0.2, -0.15) is 0 Å². The molecule has 26 heavy (non-hydrogen) atoms. The Kier molecular flexibility index (Phi) is 5.43. The Morgan fingerprint density at radius 1 is 1.23 bits per heavy atom. The summed E-state index contributed by atoms with van der Waals surface area (Å²) in [5.41, 5.74) is 1.85. The maximum Gasteiger partial charge on any atom is 0.270 e. The maximum atomic E-state index is 12.9. The number of anilines is 1. The van der Waals surface area contributed by atoms with Crippen LogP contribution in [0.1, 0.15) is 16.1 Å². The number of aromatic nitrogens is 1. The van der Waals surface area contributed by atoms with Gasteiger partial charge in [0.25, 0.3) is 11.6 Å². The van der Waals surface area contributed by atoms with Gasteiger partial charge in [0.1, 0.15) is 0 Å². The first-order valence-corrected chi connectivity index (χ1v) is 8.46. The Balaban J connectivity index is 1.67. The number of amides is 1. The molecule has 2 aromatic rings. The quantitative estimate of drug-likeness (QED) is 0.651. The highest BCUT2D eigenvalue weighted by Crippen LogP contribution is 2.24. The second-order valence-corrected chi connectivity index (χ2v) is 6.13. The minimum atomic E-state index is -0.485. The van der Waals surface area contributed by atoms with E-state index in [1.165, 1.54) is 12.1 Å². The molecule has 0 aliphatic carbocycles. The van der Waals surface area contributed by atoms with E-state index in [9.17, 15) is 14.9 Å². The predicted octanol–water partition coefficient (Wildman–Crippen LogP) is 1.99. The molecule has 0 unspecified atom stereocenters. The van der Waals surface area contributed by atoms with Gasteiger partial charge < -0.3 is 10.2 Å². The van der Waals surface area contributed by atoms with Gasteiger partial charge in [-0.15, -0.1) is 0 Å². The SMILES string of the molecule is CNc1ccc([N+](=O)[O-])cc1C(=O)N1CCN(Cc2ccccn2)CC1. The number of benzene rings is 1. The second kappa shape index (κ2) is 7.92. The van der Waals surface area contributed by atoms with Crippen LogP contribution in [-0.4, -0.2) is 58.8 Å². The minimum absolute atomic E-state index is 0.0823. The van der Waals surface area contributed by atoms with E-state index >= 15 is 0 Å². The van der Waals surface area contributed by atoms with Gasteiger partial charge in [-0.05, 0) is 18.2 Å². The first-order chi connectivity index (χ1) is 12.6. The van der Waals surface area contributed by atoms with Crippen molar-refractivity contribution in [2.45, 2.75) is 6.54 Å². The zero-order valence-corrected chi connectivity index (χ0v) is 14.6. The normalized spacial score (nSPS) is 14.9. The number of carbonyl (C=O) groups is 1. The lowest BCUT2D eigenvalue weighted by Gasteiger charge is -2.34. The maximum absolute atomic E-state index is 12.9. The van der Waals surface area contributed by atoms with E-state index in [1.54, 1.807) is 24.2 Å². The van der Waals surface area contributed by atoms with Gasteiger partial charge in [0.15, 0.2) is 0 Å². The molecular weight excluding hydrogens is 334 g/mol. The van der Waals surface area contributed by atoms with Crippen LogP contribution in [0, 0.1) is 10.1 Å². The highest BCUT2D eigenvalue weighted by atomic mass is 16.6. The van der Waals surface area contributed by atoms with E-state index in [0.29, 0.717) is 24.3 Å². The molecule has 0 bridgehead atoms. The Morgan fingerprint density at radius 2 is 2.00 bits per heavy atom. The van der Waals surface area contributed by atoms with Crippen molar-refractivity contribution in [3.63, 3.8) is 0 Å². The summed E-state index contributed by atoms with van der Waals surface area (Å²) in [6.07, 6.45) is 1.77. The minimum Gasteiger partial charge on any atom is -0.387 e. The topological polar surface area (TPSA) is 91.6 Å². The molecule has 1 N–H and O–H groups in total. The Morgan fingerprint density at radius 3 is 2.62 bits per heavy atom. The van der Waals surface area contributed by atoms with Crippen LogP contribution in [0.25, 0.3) is 0 Å². The van der Waals surface area contributed by atoms with Crippen molar-refractivity contribution in [3.8, 4) is 0 Å². The largest absolute Gasteiger partial charge is 0.387 e. The molecule has 8 heteroatoms. The Hall–Kier alpha value is -3.00. The number of nitro benzene ring substituents is 1. The Labute approximate surface area is 151 Å². The van der Waals surface area contributed by atoms with Gasteiger partial charge in [-0.3, -0.25) is 24.8 Å². The number of non-ortho nitro benzene ring substituents is 1. The van der Waals surface area contributed by atoms with Crippen LogP contribution in [0.2, 0.25) is 0 Å². The van der Waals surface area contributed by atoms with E-state index in [-0.39, 0.29) is 11.6 Å². The number of hydrogen-bond acceptors (Lipinski definition) is 6. The molecule has 0 atom stereocenters. The molecule has 136 valence electrons. The van der Waals surface area contributed by atoms with Crippen molar-refractivity contribution >= 4 is 17.3 Å². The fourth-order valence-corrected chi connectivity index (χ4v) is 3.04. The van der Waals surface area contributed by atoms with E-state index in [2.05, 4.69) is 15.2 Å². The molecule has 1 saturated heterocycles. The molecule has 1 aliphatic rings. The van der Waals surface area contributed by atoms with Crippen LogP contribution in [-0.2, 0) is 6.54 Å². The number of nitrogens with zero attached hydrogens (tertiary/aromatic N) is 4. The highest BCUT2D eigenvalue weighted by Gasteiger charge is 2.25. The lowest BCUT2D eigenvalue weighted by molar-refractivity contribution is -0.384. The zero-order valence-electron chi connectivity index (χ0n) is 14.6. The highest BCUT2D eigenvalue weighted by molar-refractivity contribution is 6.00. The van der Waals surface area contributed by atoms with Gasteiger partial charge in [0.05, 0.1) is 16.2 Å². The van der Waals surface area contributed by atoms with Crippen LogP contribution in [0.4, 0.5) is 11.4 Å². The van der Waals surface area contributed by atoms with Crippen molar-refractivity contribution < 1.29 is 9.72 Å². The third-order valence-corrected chi connectivity index (χ3v) is 4.48. The van der Waals surface area contributed by atoms with Gasteiger partial charge in [0.2, 0.25) is 0 Å². The molecule has 0 saturated carbocycles. The molecule has 1 fully saturated rings. The lowest BCUT2D eigenvalue weighted by Crippen LogP contribution is -2.48. The lowest BCUT2D eigenvalue weighted by atomic mass is 10.1. The molecule has 1 aliphatic heterocycles. The van der Waals surface area contributed by atoms with Crippen LogP contribution in [0.3, 0.4) is 0 Å². The Bertz CT molecular complexity index is 789. The third-order valence-electron chi connectivity index (χ3n) is 4.48. The van der Waals surface area contributed by atoms with Gasteiger partial charge in [0, 0.05) is 63.8 Å². The average molecular weight is 355 g/mol. The number of piperazine rings is 1. The molecule has 1 aromatic carbocycles. The van der Waals surface area contributed by atoms with Crippen molar-refractivity contribution in [2.24, 2.45) is 0 Å². The molecule has 1 aromatic heterocycles. The van der Waals surface area contributed by atoms with Gasteiger partial charge in [-0.25, -0.2) is 0 Å². The van der Waals surface area contributed by atoms with E-state index in [4.69, 9.17) is 0 Å². The molecular formula is C18H21N5O3. The third kappa shape index (κ3) is 3.97. The molecule has 1 amide bonds. The first-order valence-electron chi connectivity index (χ1n) is 8.46. The number of pyridine rings is 1. The summed E-state index contributed by atoms with van der Waals surface area (Å²) in [6, 6.07) is 10.1. The van der Waals surface area contributed by atoms with Crippen molar-refractivity contribution in [1.82, 2.24) is 14.8 Å². The van der Waals surface area contributed by atoms with Crippen molar-refractivity contribution in [1.29, 1.82) is 0 Å². The van der Waals surface area contributed by atoms with E-state index in [0.717, 1.165) is 25.3 Å². The summed E-state index contributed by atoms with van der Waals surface area (Å²) in [5, 5.41) is 14.0. The zero-order chi connectivity index (χ0) is 18.5. The first kappa shape index (κ1) is 17.8. The summed E-state index contributed by atoms with van der Waals surface area (Å²) in [5.74, 6) is -0.185. The molecule has 0 radical (unpaired) electrons. The summed E-state index contributed by atoms with van der Waals surface area (Å²) >= 11 is 0. The monoisotopic (exact) mass is 355 g/mol. The summed E-state index contributed by atoms with van der Waals surface area (Å²) in [6.45, 7) is 3.40. The van der Waals surface area contributed by atoms with Gasteiger partial charge >= 0.3 is 0 Å². The number of nitrogens with one attached hydrogen (secondary N) is 1. The smallest absolute Gasteiger partial charge is 0.270 e. The summed E-state index contributed by atoms with van der Waals surface area (Å²) < 4.78 is 0. The number of carbonyl (C=O) groups excluding carboxylic acids is 1. The number of hydrogen-bond donors (Lipinski definition) is 1. The fraction of sp³-hybridized carbons (Fsp3) is 0.333. The molecule has 0 spiro atoms. The standard InChI is InChI=1S/C18H21N5O3/c1-19-17-6-5-15(23(25)26)12-16(17)18(24)22-10-8-21(9-11-22)13-14-4-2-3-7-20-14/h2-7,12,19H,8-11,13H2,1H3. The van der Waals surface area contributed by atoms with Crippen LogP contribution >= 0.6 is 0 Å². The molecule has 3 rings (SSSR count). The number of nitro groups is 1. The van der Waals surface area contributed by atoms with E-state index in [1.807, 2.05) is 18.2 Å². The summed E-state index contributed by atoms with van der Waals surface area (Å²) in [7, 11) is 1.70.